The number of carbonyl (C=O) groups is 2. The van der Waals surface area contributed by atoms with E-state index in [-0.39, 0.29) is 18.0 Å². The summed E-state index contributed by atoms with van der Waals surface area (Å²) in [7, 11) is 0. The Morgan fingerprint density at radius 2 is 1.16 bits per heavy atom. The Bertz CT molecular complexity index is 790. The molecule has 0 aliphatic heterocycles. The number of hydrogen-bond acceptors (Lipinski definition) is 3. The van der Waals surface area contributed by atoms with Gasteiger partial charge in [-0.05, 0) is 29.7 Å². The second-order valence-electron chi connectivity index (χ2n) is 8.62. The zero-order chi connectivity index (χ0) is 23.0. The van der Waals surface area contributed by atoms with Crippen LogP contribution in [-0.2, 0) is 4.79 Å². The normalized spacial score (nSPS) is 10.8. The highest BCUT2D eigenvalue weighted by Gasteiger charge is 2.10. The molecule has 2 aromatic carbocycles. The fraction of sp³-hybridized carbons (Fsp3) is 0.517. The van der Waals surface area contributed by atoms with Crippen LogP contribution in [0, 0.1) is 0 Å². The van der Waals surface area contributed by atoms with Gasteiger partial charge in [-0.15, -0.1) is 0 Å². The molecule has 0 saturated heterocycles. The molecular formula is C29H40O3. The SMILES string of the molecule is CCCCCCCCCCCCOc1ccc(-c2ccc(C(=O)CC(=O)CC)cc2)cc1. The number of ether oxygens (including phenoxy) is 1. The van der Waals surface area contributed by atoms with Crippen molar-refractivity contribution in [3.8, 4) is 16.9 Å². The summed E-state index contributed by atoms with van der Waals surface area (Å²) >= 11 is 0. The molecule has 0 bridgehead atoms. The van der Waals surface area contributed by atoms with Crippen LogP contribution >= 0.6 is 0 Å². The summed E-state index contributed by atoms with van der Waals surface area (Å²) in [5.41, 5.74) is 2.72. The molecule has 0 amide bonds. The highest BCUT2D eigenvalue weighted by Crippen LogP contribution is 2.23. The van der Waals surface area contributed by atoms with E-state index in [4.69, 9.17) is 4.74 Å². The van der Waals surface area contributed by atoms with Crippen LogP contribution in [0.2, 0.25) is 0 Å². The lowest BCUT2D eigenvalue weighted by atomic mass is 10.0. The third-order valence-electron chi connectivity index (χ3n) is 5.91. The van der Waals surface area contributed by atoms with Gasteiger partial charge in [-0.2, -0.15) is 0 Å². The van der Waals surface area contributed by atoms with E-state index in [1.54, 1.807) is 19.1 Å². The Balaban J connectivity index is 1.65. The third kappa shape index (κ3) is 9.80. The molecule has 0 unspecified atom stereocenters. The van der Waals surface area contributed by atoms with Crippen molar-refractivity contribution in [2.24, 2.45) is 0 Å². The number of hydrogen-bond donors (Lipinski definition) is 0. The lowest BCUT2D eigenvalue weighted by molar-refractivity contribution is -0.117. The second kappa shape index (κ2) is 15.4. The van der Waals surface area contributed by atoms with Crippen molar-refractivity contribution in [2.45, 2.75) is 90.9 Å². The lowest BCUT2D eigenvalue weighted by Gasteiger charge is -2.08. The summed E-state index contributed by atoms with van der Waals surface area (Å²) in [4.78, 5) is 23.6. The first-order valence-electron chi connectivity index (χ1n) is 12.5. The van der Waals surface area contributed by atoms with Crippen LogP contribution in [0.3, 0.4) is 0 Å². The maximum atomic E-state index is 12.1. The molecule has 0 saturated carbocycles. The van der Waals surface area contributed by atoms with Gasteiger partial charge < -0.3 is 4.74 Å². The summed E-state index contributed by atoms with van der Waals surface area (Å²) in [6.45, 7) is 4.81. The molecule has 0 aromatic heterocycles. The van der Waals surface area contributed by atoms with Crippen LogP contribution in [0.1, 0.15) is 101 Å². The Kier molecular flexibility index (Phi) is 12.4. The van der Waals surface area contributed by atoms with Gasteiger partial charge in [0.05, 0.1) is 13.0 Å². The van der Waals surface area contributed by atoms with E-state index in [1.165, 1.54) is 57.8 Å². The lowest BCUT2D eigenvalue weighted by Crippen LogP contribution is -2.06. The predicted octanol–water partition coefficient (Wildman–Crippen LogP) is 8.21. The molecule has 0 fully saturated rings. The first-order chi connectivity index (χ1) is 15.6. The summed E-state index contributed by atoms with van der Waals surface area (Å²) in [6.07, 6.45) is 13.6. The van der Waals surface area contributed by atoms with Crippen molar-refractivity contribution in [2.75, 3.05) is 6.61 Å². The summed E-state index contributed by atoms with van der Waals surface area (Å²) in [6, 6.07) is 15.6. The smallest absolute Gasteiger partial charge is 0.170 e. The first kappa shape index (κ1) is 25.8. The van der Waals surface area contributed by atoms with Gasteiger partial charge in [-0.25, -0.2) is 0 Å². The first-order valence-corrected chi connectivity index (χ1v) is 12.5. The van der Waals surface area contributed by atoms with E-state index in [9.17, 15) is 9.59 Å². The third-order valence-corrected chi connectivity index (χ3v) is 5.91. The van der Waals surface area contributed by atoms with Gasteiger partial charge in [-0.1, -0.05) is 108 Å². The average Bonchev–Trinajstić information content (AvgIpc) is 2.83. The van der Waals surface area contributed by atoms with E-state index in [1.807, 2.05) is 36.4 Å². The molecular weight excluding hydrogens is 396 g/mol. The quantitative estimate of drug-likeness (QED) is 0.143. The fourth-order valence-corrected chi connectivity index (χ4v) is 3.78. The minimum atomic E-state index is -0.112. The maximum absolute atomic E-state index is 12.1. The van der Waals surface area contributed by atoms with Crippen LogP contribution in [0.15, 0.2) is 48.5 Å². The van der Waals surface area contributed by atoms with E-state index in [0.717, 1.165) is 29.9 Å². The summed E-state index contributed by atoms with van der Waals surface area (Å²) < 4.78 is 5.89. The monoisotopic (exact) mass is 436 g/mol. The Hall–Kier alpha value is -2.42. The molecule has 0 radical (unpaired) electrons. The van der Waals surface area contributed by atoms with Crippen LogP contribution in [0.25, 0.3) is 11.1 Å². The molecule has 0 aliphatic carbocycles. The zero-order valence-electron chi connectivity index (χ0n) is 20.0. The minimum Gasteiger partial charge on any atom is -0.494 e. The highest BCUT2D eigenvalue weighted by atomic mass is 16.5. The molecule has 174 valence electrons. The molecule has 2 rings (SSSR count). The van der Waals surface area contributed by atoms with Gasteiger partial charge in [0.2, 0.25) is 0 Å². The maximum Gasteiger partial charge on any atom is 0.170 e. The molecule has 3 nitrogen and oxygen atoms in total. The number of carbonyl (C=O) groups excluding carboxylic acids is 2. The van der Waals surface area contributed by atoms with Crippen molar-refractivity contribution >= 4 is 11.6 Å². The minimum absolute atomic E-state index is 0.0130. The van der Waals surface area contributed by atoms with Crippen molar-refractivity contribution in [3.05, 3.63) is 54.1 Å². The van der Waals surface area contributed by atoms with Gasteiger partial charge in [0.15, 0.2) is 5.78 Å². The van der Waals surface area contributed by atoms with Gasteiger partial charge in [0.1, 0.15) is 11.5 Å². The zero-order valence-corrected chi connectivity index (χ0v) is 20.0. The second-order valence-corrected chi connectivity index (χ2v) is 8.62. The Morgan fingerprint density at radius 3 is 1.69 bits per heavy atom. The van der Waals surface area contributed by atoms with Crippen molar-refractivity contribution < 1.29 is 14.3 Å². The van der Waals surface area contributed by atoms with Crippen LogP contribution in [0.5, 0.6) is 5.75 Å². The number of unbranched alkanes of at least 4 members (excludes halogenated alkanes) is 9. The molecule has 32 heavy (non-hydrogen) atoms. The van der Waals surface area contributed by atoms with Gasteiger partial charge >= 0.3 is 0 Å². The standard InChI is InChI=1S/C29H40O3/c1-3-5-6-7-8-9-10-11-12-13-22-32-28-20-18-25(19-21-28)24-14-16-26(17-15-24)29(31)23-27(30)4-2/h14-21H,3-13,22-23H2,1-2H3. The number of rotatable bonds is 17. The van der Waals surface area contributed by atoms with Crippen molar-refractivity contribution in [3.63, 3.8) is 0 Å². The van der Waals surface area contributed by atoms with E-state index in [2.05, 4.69) is 6.92 Å². The predicted molar refractivity (Wildman–Crippen MR) is 133 cm³/mol. The molecule has 0 heterocycles. The van der Waals surface area contributed by atoms with Crippen molar-refractivity contribution in [1.82, 2.24) is 0 Å². The highest BCUT2D eigenvalue weighted by molar-refractivity contribution is 6.08. The Morgan fingerprint density at radius 1 is 0.656 bits per heavy atom. The van der Waals surface area contributed by atoms with Gasteiger partial charge in [-0.3, -0.25) is 9.59 Å². The molecule has 2 aromatic rings. The topological polar surface area (TPSA) is 43.4 Å². The summed E-state index contributed by atoms with van der Waals surface area (Å²) in [5, 5.41) is 0. The number of benzene rings is 2. The van der Waals surface area contributed by atoms with E-state index < -0.39 is 0 Å². The number of ketones is 2. The molecule has 0 spiro atoms. The van der Waals surface area contributed by atoms with Crippen LogP contribution < -0.4 is 4.74 Å². The van der Waals surface area contributed by atoms with Crippen molar-refractivity contribution in [1.29, 1.82) is 0 Å². The van der Waals surface area contributed by atoms with Crippen LogP contribution in [0.4, 0.5) is 0 Å². The molecule has 0 N–H and O–H groups in total. The average molecular weight is 437 g/mol. The van der Waals surface area contributed by atoms with E-state index >= 15 is 0 Å². The number of Topliss-reactive ketones (excluding diaryl/α,β-unsaturated/α-hetero) is 2. The van der Waals surface area contributed by atoms with Crippen LogP contribution in [-0.4, -0.2) is 18.2 Å². The molecule has 3 heteroatoms. The van der Waals surface area contributed by atoms with E-state index in [0.29, 0.717) is 12.0 Å². The Labute approximate surface area is 194 Å². The van der Waals surface area contributed by atoms with Gasteiger partial charge in [0.25, 0.3) is 0 Å². The molecule has 0 aliphatic rings. The molecule has 0 atom stereocenters. The fourth-order valence-electron chi connectivity index (χ4n) is 3.78. The van der Waals surface area contributed by atoms with Gasteiger partial charge in [0, 0.05) is 12.0 Å². The summed E-state index contributed by atoms with van der Waals surface area (Å²) in [5.74, 6) is 0.765. The largest absolute Gasteiger partial charge is 0.494 e.